The lowest BCUT2D eigenvalue weighted by atomic mass is 9.94. The molecular formula is C17H23NOS. The van der Waals surface area contributed by atoms with E-state index in [9.17, 15) is 0 Å². The average molecular weight is 289 g/mol. The highest BCUT2D eigenvalue weighted by Gasteiger charge is 2.20. The number of nitrogens with one attached hydrogen (secondary N) is 1. The molecule has 1 aromatic carbocycles. The quantitative estimate of drug-likeness (QED) is 0.861. The van der Waals surface area contributed by atoms with Crippen molar-refractivity contribution >= 4 is 11.3 Å². The highest BCUT2D eigenvalue weighted by atomic mass is 32.1. The lowest BCUT2D eigenvalue weighted by molar-refractivity contribution is 0.408. The van der Waals surface area contributed by atoms with Gasteiger partial charge in [0.25, 0.3) is 0 Å². The summed E-state index contributed by atoms with van der Waals surface area (Å²) in [5.74, 6) is 0.971. The van der Waals surface area contributed by atoms with E-state index in [1.165, 1.54) is 21.6 Å². The van der Waals surface area contributed by atoms with Crippen molar-refractivity contribution in [1.82, 2.24) is 5.32 Å². The Bertz CT molecular complexity index is 562. The van der Waals surface area contributed by atoms with Crippen LogP contribution in [-0.2, 0) is 12.8 Å². The van der Waals surface area contributed by atoms with E-state index in [1.807, 2.05) is 13.1 Å². The molecule has 0 aliphatic rings. The van der Waals surface area contributed by atoms with Gasteiger partial charge < -0.3 is 10.1 Å². The molecule has 1 unspecified atom stereocenters. The molecule has 20 heavy (non-hydrogen) atoms. The molecule has 1 N–H and O–H groups in total. The summed E-state index contributed by atoms with van der Waals surface area (Å²) in [5, 5.41) is 5.54. The standard InChI is InChI=1S/C17H23NOS/c1-5-12-7-8-13(6-2)14(11-12)16(18-3)17-15(19-4)9-10-20-17/h7-11,16,18H,5-6H2,1-4H3. The monoisotopic (exact) mass is 289 g/mol. The van der Waals surface area contributed by atoms with E-state index in [4.69, 9.17) is 4.74 Å². The van der Waals surface area contributed by atoms with E-state index in [0.717, 1.165) is 18.6 Å². The van der Waals surface area contributed by atoms with E-state index in [1.54, 1.807) is 18.4 Å². The molecule has 1 atom stereocenters. The molecule has 0 bridgehead atoms. The number of thiophene rings is 1. The molecule has 0 aliphatic carbocycles. The van der Waals surface area contributed by atoms with Crippen molar-refractivity contribution in [2.45, 2.75) is 32.7 Å². The molecular weight excluding hydrogens is 266 g/mol. The highest BCUT2D eigenvalue weighted by Crippen LogP contribution is 2.36. The van der Waals surface area contributed by atoms with Gasteiger partial charge in [0, 0.05) is 0 Å². The van der Waals surface area contributed by atoms with Gasteiger partial charge in [-0.3, -0.25) is 0 Å². The number of hydrogen-bond donors (Lipinski definition) is 1. The van der Waals surface area contributed by atoms with Crippen LogP contribution in [0.2, 0.25) is 0 Å². The minimum absolute atomic E-state index is 0.200. The lowest BCUT2D eigenvalue weighted by Crippen LogP contribution is -2.19. The van der Waals surface area contributed by atoms with Gasteiger partial charge in [-0.05, 0) is 48.0 Å². The van der Waals surface area contributed by atoms with Crippen molar-refractivity contribution in [3.8, 4) is 5.75 Å². The number of methoxy groups -OCH3 is 1. The van der Waals surface area contributed by atoms with Gasteiger partial charge in [-0.25, -0.2) is 0 Å². The molecule has 0 fully saturated rings. The van der Waals surface area contributed by atoms with Gasteiger partial charge in [-0.2, -0.15) is 0 Å². The van der Waals surface area contributed by atoms with Crippen molar-refractivity contribution in [2.24, 2.45) is 0 Å². The Morgan fingerprint density at radius 2 is 2.00 bits per heavy atom. The molecule has 0 saturated heterocycles. The number of benzene rings is 1. The van der Waals surface area contributed by atoms with Crippen LogP contribution in [0.1, 0.15) is 41.5 Å². The normalized spacial score (nSPS) is 12.4. The Hall–Kier alpha value is -1.32. The summed E-state index contributed by atoms with van der Waals surface area (Å²) in [6.07, 6.45) is 2.11. The van der Waals surface area contributed by atoms with Crippen molar-refractivity contribution in [3.63, 3.8) is 0 Å². The lowest BCUT2D eigenvalue weighted by Gasteiger charge is -2.21. The Morgan fingerprint density at radius 1 is 1.20 bits per heavy atom. The fourth-order valence-corrected chi connectivity index (χ4v) is 3.56. The van der Waals surface area contributed by atoms with Crippen LogP contribution in [0.25, 0.3) is 0 Å². The second-order valence-corrected chi connectivity index (χ2v) is 5.76. The molecule has 0 saturated carbocycles. The first-order valence-corrected chi connectivity index (χ1v) is 8.03. The third-order valence-electron chi connectivity index (χ3n) is 3.74. The highest BCUT2D eigenvalue weighted by molar-refractivity contribution is 7.10. The van der Waals surface area contributed by atoms with Gasteiger partial charge >= 0.3 is 0 Å². The molecule has 108 valence electrons. The summed E-state index contributed by atoms with van der Waals surface area (Å²) in [4.78, 5) is 1.25. The van der Waals surface area contributed by atoms with Gasteiger partial charge in [-0.1, -0.05) is 32.0 Å². The maximum Gasteiger partial charge on any atom is 0.134 e. The third-order valence-corrected chi connectivity index (χ3v) is 4.70. The summed E-state index contributed by atoms with van der Waals surface area (Å²) >= 11 is 1.75. The molecule has 1 heterocycles. The maximum atomic E-state index is 5.49. The van der Waals surface area contributed by atoms with Crippen LogP contribution in [-0.4, -0.2) is 14.2 Å². The zero-order valence-corrected chi connectivity index (χ0v) is 13.5. The van der Waals surface area contributed by atoms with Crippen molar-refractivity contribution in [3.05, 3.63) is 51.2 Å². The van der Waals surface area contributed by atoms with E-state index < -0.39 is 0 Å². The summed E-state index contributed by atoms with van der Waals surface area (Å²) in [6.45, 7) is 4.41. The number of rotatable bonds is 6. The molecule has 2 rings (SSSR count). The number of hydrogen-bond acceptors (Lipinski definition) is 3. The molecule has 0 aliphatic heterocycles. The predicted molar refractivity (Wildman–Crippen MR) is 87.0 cm³/mol. The van der Waals surface area contributed by atoms with Crippen LogP contribution in [0, 0.1) is 0 Å². The van der Waals surface area contributed by atoms with Gasteiger partial charge in [0.1, 0.15) is 5.75 Å². The second kappa shape index (κ2) is 6.91. The van der Waals surface area contributed by atoms with Gasteiger partial charge in [0.2, 0.25) is 0 Å². The van der Waals surface area contributed by atoms with Crippen LogP contribution < -0.4 is 10.1 Å². The van der Waals surface area contributed by atoms with Crippen LogP contribution in [0.3, 0.4) is 0 Å². The Balaban J connectivity index is 2.50. The summed E-state index contributed by atoms with van der Waals surface area (Å²) in [6, 6.07) is 9.07. The smallest absolute Gasteiger partial charge is 0.134 e. The fourth-order valence-electron chi connectivity index (χ4n) is 2.57. The molecule has 3 heteroatoms. The molecule has 2 aromatic rings. The zero-order chi connectivity index (χ0) is 14.5. The minimum Gasteiger partial charge on any atom is -0.496 e. The average Bonchev–Trinajstić information content (AvgIpc) is 2.96. The summed E-state index contributed by atoms with van der Waals surface area (Å²) in [5.41, 5.74) is 4.15. The van der Waals surface area contributed by atoms with Gasteiger partial charge in [0.05, 0.1) is 18.0 Å². The topological polar surface area (TPSA) is 21.3 Å². The Morgan fingerprint density at radius 3 is 2.60 bits per heavy atom. The van der Waals surface area contributed by atoms with E-state index >= 15 is 0 Å². The first kappa shape index (κ1) is 15.1. The van der Waals surface area contributed by atoms with Gasteiger partial charge in [-0.15, -0.1) is 11.3 Å². The van der Waals surface area contributed by atoms with E-state index in [2.05, 4.69) is 42.7 Å². The summed E-state index contributed by atoms with van der Waals surface area (Å²) < 4.78 is 5.49. The molecule has 2 nitrogen and oxygen atoms in total. The predicted octanol–water partition coefficient (Wildman–Crippen LogP) is 4.19. The first-order valence-electron chi connectivity index (χ1n) is 7.15. The molecule has 1 aromatic heterocycles. The van der Waals surface area contributed by atoms with Crippen LogP contribution in [0.4, 0.5) is 0 Å². The molecule has 0 amide bonds. The van der Waals surface area contributed by atoms with Crippen molar-refractivity contribution in [2.75, 3.05) is 14.2 Å². The number of ether oxygens (including phenoxy) is 1. The first-order chi connectivity index (χ1) is 9.74. The van der Waals surface area contributed by atoms with E-state index in [-0.39, 0.29) is 6.04 Å². The largest absolute Gasteiger partial charge is 0.496 e. The van der Waals surface area contributed by atoms with Crippen LogP contribution in [0.5, 0.6) is 5.75 Å². The zero-order valence-electron chi connectivity index (χ0n) is 12.7. The third kappa shape index (κ3) is 2.89. The minimum atomic E-state index is 0.200. The fraction of sp³-hybridized carbons (Fsp3) is 0.412. The SMILES string of the molecule is CCc1ccc(CC)c(C(NC)c2sccc2OC)c1. The van der Waals surface area contributed by atoms with Crippen LogP contribution >= 0.6 is 11.3 Å². The van der Waals surface area contributed by atoms with Crippen molar-refractivity contribution < 1.29 is 4.74 Å². The molecule has 0 radical (unpaired) electrons. The maximum absolute atomic E-state index is 5.49. The molecule has 0 spiro atoms. The summed E-state index contributed by atoms with van der Waals surface area (Å²) in [7, 11) is 3.75. The Kier molecular flexibility index (Phi) is 5.21. The number of aryl methyl sites for hydroxylation is 2. The van der Waals surface area contributed by atoms with Gasteiger partial charge in [0.15, 0.2) is 0 Å². The van der Waals surface area contributed by atoms with E-state index in [0.29, 0.717) is 0 Å². The Labute approximate surface area is 125 Å². The van der Waals surface area contributed by atoms with Crippen LogP contribution in [0.15, 0.2) is 29.6 Å². The second-order valence-electron chi connectivity index (χ2n) is 4.82. The van der Waals surface area contributed by atoms with Crippen molar-refractivity contribution in [1.29, 1.82) is 0 Å².